The van der Waals surface area contributed by atoms with Crippen molar-refractivity contribution in [3.05, 3.63) is 28.8 Å². The molecule has 1 atom stereocenters. The zero-order valence-corrected chi connectivity index (χ0v) is 11.1. The molecule has 1 N–H and O–H groups in total. The van der Waals surface area contributed by atoms with Crippen molar-refractivity contribution in [3.8, 4) is 5.75 Å². The van der Waals surface area contributed by atoms with Crippen LogP contribution in [-0.4, -0.2) is 19.7 Å². The van der Waals surface area contributed by atoms with Gasteiger partial charge in [0.1, 0.15) is 5.75 Å². The van der Waals surface area contributed by atoms with Crippen LogP contribution in [0.25, 0.3) is 0 Å². The summed E-state index contributed by atoms with van der Waals surface area (Å²) in [6, 6.07) is 4.32. The summed E-state index contributed by atoms with van der Waals surface area (Å²) in [6.45, 7) is 9.47. The minimum atomic E-state index is 0.257. The summed E-state index contributed by atoms with van der Waals surface area (Å²) in [5, 5.41) is 3.14. The van der Waals surface area contributed by atoms with Crippen molar-refractivity contribution in [2.45, 2.75) is 40.2 Å². The number of hydrogen-bond donors (Lipinski definition) is 1. The molecule has 16 heavy (non-hydrogen) atoms. The largest absolute Gasteiger partial charge is 0.490 e. The Morgan fingerprint density at radius 3 is 2.56 bits per heavy atom. The molecule has 0 bridgehead atoms. The van der Waals surface area contributed by atoms with Crippen LogP contribution in [0.5, 0.6) is 5.75 Å². The van der Waals surface area contributed by atoms with Gasteiger partial charge in [-0.1, -0.05) is 6.07 Å². The van der Waals surface area contributed by atoms with Crippen molar-refractivity contribution in [1.82, 2.24) is 5.32 Å². The number of benzene rings is 1. The van der Waals surface area contributed by atoms with E-state index in [4.69, 9.17) is 4.74 Å². The molecule has 0 fully saturated rings. The average Bonchev–Trinajstić information content (AvgIpc) is 2.22. The molecule has 0 aliphatic heterocycles. The van der Waals surface area contributed by atoms with Crippen molar-refractivity contribution in [1.29, 1.82) is 0 Å². The van der Waals surface area contributed by atoms with Crippen molar-refractivity contribution in [2.75, 3.05) is 13.6 Å². The molecule has 0 aliphatic rings. The van der Waals surface area contributed by atoms with Gasteiger partial charge in [-0.3, -0.25) is 0 Å². The van der Waals surface area contributed by atoms with E-state index in [0.717, 1.165) is 18.7 Å². The third-order valence-corrected chi connectivity index (χ3v) is 2.89. The van der Waals surface area contributed by atoms with E-state index >= 15 is 0 Å². The Hall–Kier alpha value is -1.02. The van der Waals surface area contributed by atoms with Gasteiger partial charge in [0.2, 0.25) is 0 Å². The minimum absolute atomic E-state index is 0.257. The molecule has 0 amide bonds. The third-order valence-electron chi connectivity index (χ3n) is 2.89. The van der Waals surface area contributed by atoms with Crippen molar-refractivity contribution >= 4 is 0 Å². The summed E-state index contributed by atoms with van der Waals surface area (Å²) in [7, 11) is 1.97. The van der Waals surface area contributed by atoms with Crippen LogP contribution in [-0.2, 0) is 0 Å². The lowest BCUT2D eigenvalue weighted by Gasteiger charge is -2.18. The van der Waals surface area contributed by atoms with E-state index in [2.05, 4.69) is 45.1 Å². The molecule has 0 saturated heterocycles. The Morgan fingerprint density at radius 2 is 1.94 bits per heavy atom. The lowest BCUT2D eigenvalue weighted by atomic mass is 10.1. The molecular weight excluding hydrogens is 198 g/mol. The van der Waals surface area contributed by atoms with Gasteiger partial charge in [0, 0.05) is 0 Å². The zero-order chi connectivity index (χ0) is 12.1. The monoisotopic (exact) mass is 221 g/mol. The highest BCUT2D eigenvalue weighted by molar-refractivity contribution is 5.42. The maximum absolute atomic E-state index is 5.97. The molecule has 1 rings (SSSR count). The van der Waals surface area contributed by atoms with E-state index in [0.29, 0.717) is 0 Å². The maximum Gasteiger partial charge on any atom is 0.123 e. The van der Waals surface area contributed by atoms with E-state index in [1.807, 2.05) is 7.05 Å². The number of aryl methyl sites for hydroxylation is 2. The smallest absolute Gasteiger partial charge is 0.123 e. The fourth-order valence-electron chi connectivity index (χ4n) is 1.75. The maximum atomic E-state index is 5.97. The lowest BCUT2D eigenvalue weighted by Crippen LogP contribution is -2.19. The highest BCUT2D eigenvalue weighted by Gasteiger charge is 2.08. The van der Waals surface area contributed by atoms with Crippen LogP contribution in [0.1, 0.15) is 30.0 Å². The van der Waals surface area contributed by atoms with Crippen LogP contribution in [0.3, 0.4) is 0 Å². The van der Waals surface area contributed by atoms with Crippen LogP contribution < -0.4 is 10.1 Å². The van der Waals surface area contributed by atoms with Gasteiger partial charge in [0.05, 0.1) is 6.10 Å². The summed E-state index contributed by atoms with van der Waals surface area (Å²) >= 11 is 0. The molecule has 0 saturated carbocycles. The number of rotatable bonds is 5. The molecule has 90 valence electrons. The highest BCUT2D eigenvalue weighted by atomic mass is 16.5. The third kappa shape index (κ3) is 3.53. The van der Waals surface area contributed by atoms with Gasteiger partial charge in [-0.15, -0.1) is 0 Å². The van der Waals surface area contributed by atoms with Gasteiger partial charge in [-0.05, 0) is 70.5 Å². The second-order valence-electron chi connectivity index (χ2n) is 4.53. The molecule has 0 aliphatic carbocycles. The van der Waals surface area contributed by atoms with Crippen LogP contribution >= 0.6 is 0 Å². The summed E-state index contributed by atoms with van der Waals surface area (Å²) in [6.07, 6.45) is 1.29. The molecule has 0 heterocycles. The molecule has 2 nitrogen and oxygen atoms in total. The van der Waals surface area contributed by atoms with Gasteiger partial charge in [-0.2, -0.15) is 0 Å². The fourth-order valence-corrected chi connectivity index (χ4v) is 1.75. The van der Waals surface area contributed by atoms with E-state index < -0.39 is 0 Å². The summed E-state index contributed by atoms with van der Waals surface area (Å²) in [4.78, 5) is 0. The lowest BCUT2D eigenvalue weighted by molar-refractivity contribution is 0.209. The van der Waals surface area contributed by atoms with Crippen molar-refractivity contribution < 1.29 is 4.74 Å². The Bertz CT molecular complexity index is 347. The first kappa shape index (κ1) is 13.0. The van der Waals surface area contributed by atoms with Crippen LogP contribution in [0.4, 0.5) is 0 Å². The number of nitrogens with one attached hydrogen (secondary N) is 1. The topological polar surface area (TPSA) is 21.3 Å². The minimum Gasteiger partial charge on any atom is -0.490 e. The summed E-state index contributed by atoms with van der Waals surface area (Å²) in [5.74, 6) is 1.03. The van der Waals surface area contributed by atoms with Crippen LogP contribution in [0.15, 0.2) is 12.1 Å². The van der Waals surface area contributed by atoms with Crippen molar-refractivity contribution in [2.24, 2.45) is 0 Å². The zero-order valence-electron chi connectivity index (χ0n) is 11.1. The van der Waals surface area contributed by atoms with Gasteiger partial charge in [-0.25, -0.2) is 0 Å². The Labute approximate surface area is 99.0 Å². The standard InChI is InChI=1S/C14H23NO/c1-10-8-11(2)13(4)14(9-10)16-12(3)6-7-15-5/h8-9,12,15H,6-7H2,1-5H3. The molecule has 0 spiro atoms. The Balaban J connectivity index is 2.72. The van der Waals surface area contributed by atoms with E-state index in [-0.39, 0.29) is 6.10 Å². The van der Waals surface area contributed by atoms with Crippen LogP contribution in [0.2, 0.25) is 0 Å². The second-order valence-corrected chi connectivity index (χ2v) is 4.53. The first-order valence-electron chi connectivity index (χ1n) is 5.93. The van der Waals surface area contributed by atoms with Gasteiger partial charge in [0.25, 0.3) is 0 Å². The number of ether oxygens (including phenoxy) is 1. The van der Waals surface area contributed by atoms with E-state index in [1.54, 1.807) is 0 Å². The molecule has 1 aromatic rings. The number of hydrogen-bond acceptors (Lipinski definition) is 2. The van der Waals surface area contributed by atoms with E-state index in [9.17, 15) is 0 Å². The Morgan fingerprint density at radius 1 is 1.25 bits per heavy atom. The van der Waals surface area contributed by atoms with Crippen LogP contribution in [0, 0.1) is 20.8 Å². The molecule has 2 heteroatoms. The SMILES string of the molecule is CNCCC(C)Oc1cc(C)cc(C)c1C. The van der Waals surface area contributed by atoms with Gasteiger partial charge >= 0.3 is 0 Å². The quantitative estimate of drug-likeness (QED) is 0.825. The summed E-state index contributed by atoms with van der Waals surface area (Å²) < 4.78 is 5.97. The van der Waals surface area contributed by atoms with Crippen molar-refractivity contribution in [3.63, 3.8) is 0 Å². The van der Waals surface area contributed by atoms with E-state index in [1.165, 1.54) is 16.7 Å². The predicted molar refractivity (Wildman–Crippen MR) is 69.3 cm³/mol. The van der Waals surface area contributed by atoms with Gasteiger partial charge in [0.15, 0.2) is 0 Å². The van der Waals surface area contributed by atoms with Gasteiger partial charge < -0.3 is 10.1 Å². The first-order valence-corrected chi connectivity index (χ1v) is 5.93. The Kier molecular flexibility index (Phi) is 4.81. The molecule has 1 unspecified atom stereocenters. The second kappa shape index (κ2) is 5.90. The molecular formula is C14H23NO. The molecule has 0 aromatic heterocycles. The molecule has 0 radical (unpaired) electrons. The summed E-state index contributed by atoms with van der Waals surface area (Å²) in [5.41, 5.74) is 3.82. The first-order chi connectivity index (χ1) is 7.54. The fraction of sp³-hybridized carbons (Fsp3) is 0.571. The average molecular weight is 221 g/mol. The predicted octanol–water partition coefficient (Wildman–Crippen LogP) is 2.99. The molecule has 1 aromatic carbocycles. The normalized spacial score (nSPS) is 12.6. The highest BCUT2D eigenvalue weighted by Crippen LogP contribution is 2.24.